The van der Waals surface area contributed by atoms with Gasteiger partial charge in [0.05, 0.1) is 12.0 Å². The van der Waals surface area contributed by atoms with Gasteiger partial charge in [-0.25, -0.2) is 4.79 Å². The van der Waals surface area contributed by atoms with Gasteiger partial charge in [-0.1, -0.05) is 36.0 Å². The van der Waals surface area contributed by atoms with Crippen molar-refractivity contribution in [3.63, 3.8) is 0 Å². The minimum absolute atomic E-state index is 0.201. The maximum absolute atomic E-state index is 12.8. The summed E-state index contributed by atoms with van der Waals surface area (Å²) in [5, 5.41) is 9.79. The van der Waals surface area contributed by atoms with Crippen LogP contribution in [0.25, 0.3) is 6.08 Å². The van der Waals surface area contributed by atoms with Gasteiger partial charge in [-0.2, -0.15) is 5.01 Å². The first-order chi connectivity index (χ1) is 14.8. The molecular formula is C21H18N2O6S2. The van der Waals surface area contributed by atoms with Crippen molar-refractivity contribution in [3.8, 4) is 11.5 Å². The number of carbonyl (C=O) groups is 3. The molecule has 2 aromatic rings. The summed E-state index contributed by atoms with van der Waals surface area (Å²) in [6.07, 6.45) is 1.60. The van der Waals surface area contributed by atoms with Crippen LogP contribution in [0.4, 0.5) is 0 Å². The van der Waals surface area contributed by atoms with Gasteiger partial charge in [0, 0.05) is 5.56 Å². The summed E-state index contributed by atoms with van der Waals surface area (Å²) in [7, 11) is 1.42. The first-order valence-corrected chi connectivity index (χ1v) is 10.2. The molecule has 2 N–H and O–H groups in total. The monoisotopic (exact) mass is 458 g/mol. The maximum atomic E-state index is 12.8. The molecule has 1 heterocycles. The number of carbonyl (C=O) groups excluding carboxylic acids is 2. The smallest absolute Gasteiger partial charge is 0.341 e. The molecule has 8 nitrogen and oxygen atoms in total. The number of thioether (sulfide) groups is 1. The van der Waals surface area contributed by atoms with Gasteiger partial charge in [0.25, 0.3) is 11.8 Å². The van der Waals surface area contributed by atoms with Crippen LogP contribution in [0.3, 0.4) is 0 Å². The van der Waals surface area contributed by atoms with E-state index in [0.29, 0.717) is 21.8 Å². The SMILES string of the molecule is COc1cc(/C=C2/SC(=S)N(NC(=O)c3ccccc3C)C2=O)ccc1OCC(=O)O. The number of hydrazine groups is 1. The third-order valence-corrected chi connectivity index (χ3v) is 5.54. The second-order valence-electron chi connectivity index (χ2n) is 6.37. The van der Waals surface area contributed by atoms with Crippen LogP contribution >= 0.6 is 24.0 Å². The minimum atomic E-state index is -1.11. The summed E-state index contributed by atoms with van der Waals surface area (Å²) in [5.41, 5.74) is 4.39. The fourth-order valence-electron chi connectivity index (χ4n) is 2.74. The molecule has 1 saturated heterocycles. The molecule has 1 aliphatic heterocycles. The number of hydrogen-bond donors (Lipinski definition) is 2. The lowest BCUT2D eigenvalue weighted by Crippen LogP contribution is -2.45. The number of thiocarbonyl (C=S) groups is 1. The van der Waals surface area contributed by atoms with Crippen molar-refractivity contribution in [1.82, 2.24) is 10.4 Å². The highest BCUT2D eigenvalue weighted by Gasteiger charge is 2.34. The van der Waals surface area contributed by atoms with Crippen LogP contribution in [0.5, 0.6) is 11.5 Å². The number of aryl methyl sites for hydroxylation is 1. The summed E-state index contributed by atoms with van der Waals surface area (Å²) in [6, 6.07) is 11.8. The molecule has 3 rings (SSSR count). The molecule has 0 radical (unpaired) electrons. The van der Waals surface area contributed by atoms with E-state index >= 15 is 0 Å². The summed E-state index contributed by atoms with van der Waals surface area (Å²) < 4.78 is 10.6. The molecule has 2 aromatic carbocycles. The average Bonchev–Trinajstić information content (AvgIpc) is 3.00. The van der Waals surface area contributed by atoms with Crippen LogP contribution in [0.2, 0.25) is 0 Å². The van der Waals surface area contributed by atoms with E-state index in [4.69, 9.17) is 26.8 Å². The van der Waals surface area contributed by atoms with Crippen molar-refractivity contribution in [1.29, 1.82) is 0 Å². The van der Waals surface area contributed by atoms with Gasteiger partial charge in [0.2, 0.25) is 0 Å². The Morgan fingerprint density at radius 1 is 1.23 bits per heavy atom. The molecule has 2 amide bonds. The van der Waals surface area contributed by atoms with E-state index in [-0.39, 0.29) is 10.1 Å². The lowest BCUT2D eigenvalue weighted by Gasteiger charge is -2.16. The van der Waals surface area contributed by atoms with Crippen molar-refractivity contribution in [2.75, 3.05) is 13.7 Å². The van der Waals surface area contributed by atoms with E-state index in [2.05, 4.69) is 5.43 Å². The molecule has 0 aliphatic carbocycles. The number of methoxy groups -OCH3 is 1. The number of aliphatic carboxylic acids is 1. The maximum Gasteiger partial charge on any atom is 0.341 e. The Morgan fingerprint density at radius 2 is 1.97 bits per heavy atom. The number of rotatable bonds is 7. The summed E-state index contributed by atoms with van der Waals surface area (Å²) in [5.74, 6) is -1.42. The van der Waals surface area contributed by atoms with Crippen LogP contribution in [-0.4, -0.2) is 45.9 Å². The van der Waals surface area contributed by atoms with E-state index in [1.54, 1.807) is 49.4 Å². The first kappa shape index (κ1) is 22.3. The van der Waals surface area contributed by atoms with E-state index in [0.717, 1.165) is 22.3 Å². The highest BCUT2D eigenvalue weighted by atomic mass is 32.2. The fourth-order valence-corrected chi connectivity index (χ4v) is 3.92. The Hall–Kier alpha value is -3.37. The summed E-state index contributed by atoms with van der Waals surface area (Å²) in [6.45, 7) is 1.30. The zero-order valence-corrected chi connectivity index (χ0v) is 18.2. The number of carboxylic acids is 1. The third kappa shape index (κ3) is 5.22. The normalized spacial score (nSPS) is 14.6. The van der Waals surface area contributed by atoms with Crippen molar-refractivity contribution < 1.29 is 29.0 Å². The minimum Gasteiger partial charge on any atom is -0.493 e. The predicted molar refractivity (Wildman–Crippen MR) is 120 cm³/mol. The number of amides is 2. The van der Waals surface area contributed by atoms with Gasteiger partial charge in [-0.05, 0) is 54.5 Å². The van der Waals surface area contributed by atoms with Crippen LogP contribution in [0.15, 0.2) is 47.4 Å². The standard InChI is InChI=1S/C21H18N2O6S2/c1-12-5-3-4-6-14(12)19(26)22-23-20(27)17(31-21(23)30)10-13-7-8-15(16(9-13)28-2)29-11-18(24)25/h3-10H,11H2,1-2H3,(H,22,26)(H,24,25)/b17-10+. The zero-order valence-electron chi connectivity index (χ0n) is 16.6. The molecule has 160 valence electrons. The number of nitrogens with zero attached hydrogens (tertiary/aromatic N) is 1. The molecule has 0 bridgehead atoms. The third-order valence-electron chi connectivity index (χ3n) is 4.23. The van der Waals surface area contributed by atoms with Crippen LogP contribution < -0.4 is 14.9 Å². The van der Waals surface area contributed by atoms with Gasteiger partial charge in [0.15, 0.2) is 22.4 Å². The van der Waals surface area contributed by atoms with Gasteiger partial charge in [-0.3, -0.25) is 15.0 Å². The number of benzene rings is 2. The van der Waals surface area contributed by atoms with E-state index < -0.39 is 24.4 Å². The summed E-state index contributed by atoms with van der Waals surface area (Å²) >= 11 is 6.31. The molecule has 0 atom stereocenters. The van der Waals surface area contributed by atoms with Crippen LogP contribution in [-0.2, 0) is 9.59 Å². The Labute approximate surface area is 187 Å². The van der Waals surface area contributed by atoms with E-state index in [1.807, 2.05) is 6.07 Å². The second kappa shape index (κ2) is 9.63. The van der Waals surface area contributed by atoms with Crippen LogP contribution in [0.1, 0.15) is 21.5 Å². The second-order valence-corrected chi connectivity index (χ2v) is 8.04. The zero-order chi connectivity index (χ0) is 22.5. The van der Waals surface area contributed by atoms with Gasteiger partial charge >= 0.3 is 5.97 Å². The molecule has 0 unspecified atom stereocenters. The Morgan fingerprint density at radius 3 is 2.65 bits per heavy atom. The number of ether oxygens (including phenoxy) is 2. The molecule has 1 aliphatic rings. The largest absolute Gasteiger partial charge is 0.493 e. The lowest BCUT2D eigenvalue weighted by atomic mass is 10.1. The Bertz CT molecular complexity index is 1100. The topological polar surface area (TPSA) is 105 Å². The predicted octanol–water partition coefficient (Wildman–Crippen LogP) is 3.01. The number of hydrogen-bond acceptors (Lipinski definition) is 7. The Kier molecular flexibility index (Phi) is 6.93. The highest BCUT2D eigenvalue weighted by Crippen LogP contribution is 2.34. The lowest BCUT2D eigenvalue weighted by molar-refractivity contribution is -0.139. The van der Waals surface area contributed by atoms with Crippen LogP contribution in [0, 0.1) is 6.92 Å². The molecule has 0 saturated carbocycles. The van der Waals surface area contributed by atoms with E-state index in [1.165, 1.54) is 7.11 Å². The van der Waals surface area contributed by atoms with E-state index in [9.17, 15) is 14.4 Å². The molecule has 1 fully saturated rings. The van der Waals surface area contributed by atoms with Gasteiger partial charge in [-0.15, -0.1) is 0 Å². The molecule has 0 spiro atoms. The molecular weight excluding hydrogens is 440 g/mol. The van der Waals surface area contributed by atoms with Crippen molar-refractivity contribution in [2.45, 2.75) is 6.92 Å². The Balaban J connectivity index is 1.77. The van der Waals surface area contributed by atoms with Crippen molar-refractivity contribution in [3.05, 3.63) is 64.1 Å². The average molecular weight is 459 g/mol. The first-order valence-electron chi connectivity index (χ1n) is 8.97. The quantitative estimate of drug-likeness (QED) is 0.482. The van der Waals surface area contributed by atoms with Crippen molar-refractivity contribution in [2.24, 2.45) is 0 Å². The molecule has 0 aromatic heterocycles. The fraction of sp³-hybridized carbons (Fsp3) is 0.143. The summed E-state index contributed by atoms with van der Waals surface area (Å²) in [4.78, 5) is 36.3. The van der Waals surface area contributed by atoms with Gasteiger partial charge < -0.3 is 14.6 Å². The highest BCUT2D eigenvalue weighted by molar-refractivity contribution is 8.26. The van der Waals surface area contributed by atoms with Gasteiger partial charge in [0.1, 0.15) is 0 Å². The molecule has 10 heteroatoms. The molecule has 31 heavy (non-hydrogen) atoms. The number of nitrogens with one attached hydrogen (secondary N) is 1. The number of carboxylic acid groups (broad SMARTS) is 1. The van der Waals surface area contributed by atoms with Crippen molar-refractivity contribution >= 4 is 52.2 Å².